The van der Waals surface area contributed by atoms with E-state index in [1.165, 1.54) is 12.1 Å². The van der Waals surface area contributed by atoms with Crippen LogP contribution in [0.2, 0.25) is 0 Å². The quantitative estimate of drug-likeness (QED) is 0.580. The van der Waals surface area contributed by atoms with Gasteiger partial charge in [0.15, 0.2) is 0 Å². The summed E-state index contributed by atoms with van der Waals surface area (Å²) in [4.78, 5) is 24.9. The smallest absolute Gasteiger partial charge is 0.416 e. The molecule has 0 spiro atoms. The molecule has 32 heavy (non-hydrogen) atoms. The Labute approximate surface area is 181 Å². The van der Waals surface area contributed by atoms with Gasteiger partial charge < -0.3 is 10.1 Å². The number of carbonyl (C=O) groups excluding carboxylic acids is 2. The van der Waals surface area contributed by atoms with Crippen molar-refractivity contribution in [3.63, 3.8) is 0 Å². The zero-order chi connectivity index (χ0) is 23.7. The van der Waals surface area contributed by atoms with Crippen LogP contribution >= 0.6 is 0 Å². The number of hydrogen-bond acceptors (Lipinski definition) is 5. The highest BCUT2D eigenvalue weighted by Crippen LogP contribution is 2.34. The van der Waals surface area contributed by atoms with Crippen molar-refractivity contribution in [3.05, 3.63) is 47.5 Å². The molecular formula is C21H22F3N5O3. The molecule has 3 rings (SSSR count). The number of nitrogens with one attached hydrogen (secondary N) is 2. The van der Waals surface area contributed by atoms with Crippen LogP contribution in [-0.2, 0) is 17.5 Å². The zero-order valence-electron chi connectivity index (χ0n) is 17.9. The van der Waals surface area contributed by atoms with Crippen LogP contribution in [0.25, 0.3) is 11.0 Å². The van der Waals surface area contributed by atoms with Crippen molar-refractivity contribution in [1.82, 2.24) is 15.0 Å². The second kappa shape index (κ2) is 8.48. The van der Waals surface area contributed by atoms with Crippen LogP contribution in [0.3, 0.4) is 0 Å². The first-order chi connectivity index (χ1) is 14.9. The summed E-state index contributed by atoms with van der Waals surface area (Å²) < 4.78 is 46.4. The molecule has 0 radical (unpaired) electrons. The molecule has 0 saturated heterocycles. The molecule has 0 aliphatic rings. The van der Waals surface area contributed by atoms with E-state index in [4.69, 9.17) is 4.74 Å². The predicted molar refractivity (Wildman–Crippen MR) is 112 cm³/mol. The number of rotatable bonds is 4. The molecule has 2 amide bonds. The number of hydrogen-bond donors (Lipinski definition) is 2. The van der Waals surface area contributed by atoms with Gasteiger partial charge in [-0.2, -0.15) is 13.2 Å². The normalized spacial score (nSPS) is 12.0. The molecule has 0 bridgehead atoms. The van der Waals surface area contributed by atoms with Crippen molar-refractivity contribution in [2.75, 3.05) is 10.6 Å². The number of alkyl halides is 3. The number of nitrogens with zero attached hydrogens (tertiary/aromatic N) is 3. The topological polar surface area (TPSA) is 98.1 Å². The van der Waals surface area contributed by atoms with Crippen molar-refractivity contribution in [2.24, 2.45) is 0 Å². The molecule has 170 valence electrons. The van der Waals surface area contributed by atoms with E-state index in [1.54, 1.807) is 31.5 Å². The maximum absolute atomic E-state index is 13.2. The number of halogens is 3. The second-order valence-corrected chi connectivity index (χ2v) is 7.95. The molecule has 8 nitrogen and oxygen atoms in total. The Morgan fingerprint density at radius 3 is 2.38 bits per heavy atom. The van der Waals surface area contributed by atoms with E-state index >= 15 is 0 Å². The Hall–Kier alpha value is -3.63. The lowest BCUT2D eigenvalue weighted by Gasteiger charge is -2.21. The van der Waals surface area contributed by atoms with E-state index in [2.05, 4.69) is 20.9 Å². The van der Waals surface area contributed by atoms with E-state index < -0.39 is 29.3 Å². The summed E-state index contributed by atoms with van der Waals surface area (Å²) >= 11 is 0. The lowest BCUT2D eigenvalue weighted by Crippen LogP contribution is -2.27. The molecule has 2 aromatic carbocycles. The standard InChI is InChI=1S/C21H22F3N5O3/c1-5-29-17-9-6-12(10-16(17)27-28-29)18(30)25-15-11-13(21(22,23)24)7-8-14(15)26-19(31)32-20(2,3)4/h6-11H,5H2,1-4H3,(H,25,30)(H,26,31). The Kier molecular flexibility index (Phi) is 6.11. The molecule has 3 aromatic rings. The molecule has 11 heteroatoms. The van der Waals surface area contributed by atoms with E-state index in [9.17, 15) is 22.8 Å². The van der Waals surface area contributed by atoms with Gasteiger partial charge in [0.2, 0.25) is 0 Å². The summed E-state index contributed by atoms with van der Waals surface area (Å²) in [5.74, 6) is -0.676. The Morgan fingerprint density at radius 1 is 1.03 bits per heavy atom. The maximum atomic E-state index is 13.2. The monoisotopic (exact) mass is 449 g/mol. The van der Waals surface area contributed by atoms with Crippen LogP contribution in [0, 0.1) is 0 Å². The van der Waals surface area contributed by atoms with Gasteiger partial charge in [-0.25, -0.2) is 9.48 Å². The molecule has 0 fully saturated rings. The van der Waals surface area contributed by atoms with Gasteiger partial charge >= 0.3 is 12.3 Å². The van der Waals surface area contributed by atoms with Crippen molar-refractivity contribution in [3.8, 4) is 0 Å². The minimum atomic E-state index is -4.64. The highest BCUT2D eigenvalue weighted by Gasteiger charge is 2.31. The van der Waals surface area contributed by atoms with Crippen LogP contribution < -0.4 is 10.6 Å². The third-order valence-corrected chi connectivity index (χ3v) is 4.31. The lowest BCUT2D eigenvalue weighted by atomic mass is 10.1. The molecule has 1 heterocycles. The predicted octanol–water partition coefficient (Wildman–Crippen LogP) is 5.07. The van der Waals surface area contributed by atoms with Gasteiger partial charge in [0.05, 0.1) is 22.5 Å². The largest absolute Gasteiger partial charge is 0.444 e. The van der Waals surface area contributed by atoms with E-state index in [0.29, 0.717) is 12.1 Å². The summed E-state index contributed by atoms with van der Waals surface area (Å²) in [5.41, 5.74) is -0.715. The van der Waals surface area contributed by atoms with Gasteiger partial charge in [0, 0.05) is 12.1 Å². The SMILES string of the molecule is CCn1nnc2cc(C(=O)Nc3cc(C(F)(F)F)ccc3NC(=O)OC(C)(C)C)ccc21. The summed E-state index contributed by atoms with van der Waals surface area (Å²) in [6.45, 7) is 7.42. The third-order valence-electron chi connectivity index (χ3n) is 4.31. The zero-order valence-corrected chi connectivity index (χ0v) is 17.9. The third kappa shape index (κ3) is 5.34. The average molecular weight is 449 g/mol. The highest BCUT2D eigenvalue weighted by atomic mass is 19.4. The summed E-state index contributed by atoms with van der Waals surface area (Å²) in [6, 6.07) is 7.26. The number of aromatic nitrogens is 3. The maximum Gasteiger partial charge on any atom is 0.416 e. The molecule has 0 atom stereocenters. The van der Waals surface area contributed by atoms with Crippen LogP contribution in [-0.4, -0.2) is 32.6 Å². The molecule has 0 unspecified atom stereocenters. The number of fused-ring (bicyclic) bond motifs is 1. The average Bonchev–Trinajstić information content (AvgIpc) is 3.09. The van der Waals surface area contributed by atoms with Gasteiger partial charge in [0.1, 0.15) is 11.1 Å². The fraction of sp³-hybridized carbons (Fsp3) is 0.333. The number of ether oxygens (including phenoxy) is 1. The fourth-order valence-corrected chi connectivity index (χ4v) is 2.89. The van der Waals surface area contributed by atoms with Crippen molar-refractivity contribution in [2.45, 2.75) is 46.0 Å². The number of carbonyl (C=O) groups is 2. The van der Waals surface area contributed by atoms with E-state index in [0.717, 1.165) is 23.7 Å². The highest BCUT2D eigenvalue weighted by molar-refractivity contribution is 6.08. The van der Waals surface area contributed by atoms with Crippen LogP contribution in [0.15, 0.2) is 36.4 Å². The van der Waals surface area contributed by atoms with Crippen molar-refractivity contribution < 1.29 is 27.5 Å². The Balaban J connectivity index is 1.91. The number of anilines is 2. The first kappa shape index (κ1) is 23.0. The minimum Gasteiger partial charge on any atom is -0.444 e. The van der Waals surface area contributed by atoms with Crippen molar-refractivity contribution >= 4 is 34.4 Å². The molecule has 2 N–H and O–H groups in total. The molecule has 0 aliphatic heterocycles. The summed E-state index contributed by atoms with van der Waals surface area (Å²) in [5, 5.41) is 12.8. The van der Waals surface area contributed by atoms with Crippen LogP contribution in [0.4, 0.5) is 29.3 Å². The number of amides is 2. The van der Waals surface area contributed by atoms with E-state index in [-0.39, 0.29) is 16.9 Å². The Bertz CT molecular complexity index is 1170. The Morgan fingerprint density at radius 2 is 1.75 bits per heavy atom. The summed E-state index contributed by atoms with van der Waals surface area (Å²) in [6.07, 6.45) is -5.51. The minimum absolute atomic E-state index is 0.0430. The molecular weight excluding hydrogens is 427 g/mol. The van der Waals surface area contributed by atoms with Gasteiger partial charge in [0.25, 0.3) is 5.91 Å². The van der Waals surface area contributed by atoms with E-state index in [1.807, 2.05) is 6.92 Å². The van der Waals surface area contributed by atoms with Crippen LogP contribution in [0.1, 0.15) is 43.6 Å². The first-order valence-corrected chi connectivity index (χ1v) is 9.73. The molecule has 0 saturated carbocycles. The number of benzene rings is 2. The first-order valence-electron chi connectivity index (χ1n) is 9.73. The van der Waals surface area contributed by atoms with Gasteiger partial charge in [-0.15, -0.1) is 5.10 Å². The summed E-state index contributed by atoms with van der Waals surface area (Å²) in [7, 11) is 0. The van der Waals surface area contributed by atoms with Crippen LogP contribution in [0.5, 0.6) is 0 Å². The van der Waals surface area contributed by atoms with Gasteiger partial charge in [-0.3, -0.25) is 10.1 Å². The lowest BCUT2D eigenvalue weighted by molar-refractivity contribution is -0.137. The van der Waals surface area contributed by atoms with Crippen molar-refractivity contribution in [1.29, 1.82) is 0 Å². The number of aryl methyl sites for hydroxylation is 1. The van der Waals surface area contributed by atoms with Gasteiger partial charge in [-0.05, 0) is 64.1 Å². The molecule has 0 aliphatic carbocycles. The van der Waals surface area contributed by atoms with Gasteiger partial charge in [-0.1, -0.05) is 5.21 Å². The molecule has 1 aromatic heterocycles. The fourth-order valence-electron chi connectivity index (χ4n) is 2.89. The second-order valence-electron chi connectivity index (χ2n) is 7.95.